The van der Waals surface area contributed by atoms with Gasteiger partial charge in [-0.15, -0.1) is 24.0 Å². The van der Waals surface area contributed by atoms with Gasteiger partial charge in [-0.25, -0.2) is 0 Å². The molecule has 0 fully saturated rings. The lowest BCUT2D eigenvalue weighted by Gasteiger charge is -2.37. The fourth-order valence-electron chi connectivity index (χ4n) is 3.11. The average Bonchev–Trinajstić information content (AvgIpc) is 2.24. The number of halogens is 1. The van der Waals surface area contributed by atoms with E-state index in [0.29, 0.717) is 23.2 Å². The smallest absolute Gasteiger partial charge is 0.0128 e. The van der Waals surface area contributed by atoms with Gasteiger partial charge in [0.1, 0.15) is 0 Å². The fourth-order valence-corrected chi connectivity index (χ4v) is 3.11. The first-order valence-electron chi connectivity index (χ1n) is 7.69. The van der Waals surface area contributed by atoms with E-state index in [2.05, 4.69) is 66.7 Å². The summed E-state index contributed by atoms with van der Waals surface area (Å²) < 4.78 is 0. The van der Waals surface area contributed by atoms with Gasteiger partial charge in [-0.05, 0) is 50.9 Å². The lowest BCUT2D eigenvalue weighted by Crippen LogP contribution is -2.42. The molecular formula is C18H34IN. The van der Waals surface area contributed by atoms with Crippen molar-refractivity contribution in [3.63, 3.8) is 0 Å². The van der Waals surface area contributed by atoms with Crippen molar-refractivity contribution >= 4 is 24.0 Å². The van der Waals surface area contributed by atoms with Gasteiger partial charge in [0.25, 0.3) is 0 Å². The summed E-state index contributed by atoms with van der Waals surface area (Å²) in [7, 11) is 0. The number of nitrogens with two attached hydrogens (primary N) is 1. The molecule has 2 heteroatoms. The molecule has 0 aromatic carbocycles. The van der Waals surface area contributed by atoms with Crippen molar-refractivity contribution in [2.45, 2.75) is 66.8 Å². The van der Waals surface area contributed by atoms with Crippen molar-refractivity contribution in [3.05, 3.63) is 23.8 Å². The predicted octanol–water partition coefficient (Wildman–Crippen LogP) is 5.55. The standard InChI is InChI=1S/C18H33N.HI/c1-13(15(3)18(6,7)19)10-11-16-14(2)9-8-12-17(16,4)5;/h9-11,13,15-16H,8,12,19H2,1-7H3;1H. The van der Waals surface area contributed by atoms with Crippen molar-refractivity contribution in [1.29, 1.82) is 0 Å². The monoisotopic (exact) mass is 391 g/mol. The van der Waals surface area contributed by atoms with Crippen molar-refractivity contribution < 1.29 is 0 Å². The van der Waals surface area contributed by atoms with Gasteiger partial charge in [-0.1, -0.05) is 51.5 Å². The molecule has 1 rings (SSSR count). The third kappa shape index (κ3) is 5.18. The van der Waals surface area contributed by atoms with Crippen LogP contribution in [0, 0.1) is 23.2 Å². The average molecular weight is 391 g/mol. The van der Waals surface area contributed by atoms with Crippen LogP contribution in [0.15, 0.2) is 23.8 Å². The van der Waals surface area contributed by atoms with E-state index in [1.54, 1.807) is 0 Å². The van der Waals surface area contributed by atoms with E-state index in [1.165, 1.54) is 18.4 Å². The molecule has 2 N–H and O–H groups in total. The van der Waals surface area contributed by atoms with Crippen molar-refractivity contribution in [2.24, 2.45) is 28.9 Å². The highest BCUT2D eigenvalue weighted by Gasteiger charge is 2.31. The number of rotatable bonds is 4. The summed E-state index contributed by atoms with van der Waals surface area (Å²) in [5.74, 6) is 1.59. The van der Waals surface area contributed by atoms with E-state index in [4.69, 9.17) is 5.73 Å². The zero-order chi connectivity index (χ0) is 14.8. The largest absolute Gasteiger partial charge is 0.325 e. The van der Waals surface area contributed by atoms with Crippen LogP contribution in [0.2, 0.25) is 0 Å². The Bertz CT molecular complexity index is 360. The highest BCUT2D eigenvalue weighted by molar-refractivity contribution is 14.0. The molecule has 118 valence electrons. The summed E-state index contributed by atoms with van der Waals surface area (Å²) in [4.78, 5) is 0. The number of allylic oxidation sites excluding steroid dienone is 4. The van der Waals surface area contributed by atoms with Crippen LogP contribution < -0.4 is 5.73 Å². The lowest BCUT2D eigenvalue weighted by molar-refractivity contribution is 0.251. The van der Waals surface area contributed by atoms with Gasteiger partial charge in [-0.3, -0.25) is 0 Å². The molecule has 0 bridgehead atoms. The summed E-state index contributed by atoms with van der Waals surface area (Å²) >= 11 is 0. The van der Waals surface area contributed by atoms with Gasteiger partial charge in [0.05, 0.1) is 0 Å². The minimum absolute atomic E-state index is 0. The van der Waals surface area contributed by atoms with E-state index in [-0.39, 0.29) is 29.5 Å². The minimum Gasteiger partial charge on any atom is -0.325 e. The van der Waals surface area contributed by atoms with Crippen molar-refractivity contribution in [3.8, 4) is 0 Å². The van der Waals surface area contributed by atoms with Crippen molar-refractivity contribution in [1.82, 2.24) is 0 Å². The molecule has 0 saturated heterocycles. The molecule has 3 unspecified atom stereocenters. The Morgan fingerprint density at radius 1 is 1.35 bits per heavy atom. The van der Waals surface area contributed by atoms with Crippen LogP contribution in [0.4, 0.5) is 0 Å². The van der Waals surface area contributed by atoms with E-state index in [0.717, 1.165) is 0 Å². The SMILES string of the molecule is CC1=CCCC(C)(C)C1C=CC(C)C(C)C(C)(C)N.I. The second-order valence-electron chi connectivity index (χ2n) is 7.81. The Labute approximate surface area is 143 Å². The molecule has 1 nitrogen and oxygen atoms in total. The highest BCUT2D eigenvalue weighted by Crippen LogP contribution is 2.42. The van der Waals surface area contributed by atoms with Crippen LogP contribution >= 0.6 is 24.0 Å². The molecule has 0 aliphatic heterocycles. The molecule has 20 heavy (non-hydrogen) atoms. The summed E-state index contributed by atoms with van der Waals surface area (Å²) in [5, 5.41) is 0. The molecule has 0 aromatic rings. The molecule has 0 spiro atoms. The molecule has 0 aromatic heterocycles. The second-order valence-corrected chi connectivity index (χ2v) is 7.81. The molecule has 1 aliphatic carbocycles. The molecule has 1 aliphatic rings. The quantitative estimate of drug-likeness (QED) is 0.493. The van der Waals surface area contributed by atoms with Crippen LogP contribution in [-0.2, 0) is 0 Å². The Kier molecular flexibility index (Phi) is 7.50. The predicted molar refractivity (Wildman–Crippen MR) is 101 cm³/mol. The van der Waals surface area contributed by atoms with E-state index in [1.807, 2.05) is 0 Å². The van der Waals surface area contributed by atoms with Gasteiger partial charge in [0.15, 0.2) is 0 Å². The van der Waals surface area contributed by atoms with Gasteiger partial charge in [0.2, 0.25) is 0 Å². The van der Waals surface area contributed by atoms with E-state index in [9.17, 15) is 0 Å². The molecule has 3 atom stereocenters. The summed E-state index contributed by atoms with van der Waals surface area (Å²) in [5.41, 5.74) is 8.02. The fraction of sp³-hybridized carbons (Fsp3) is 0.778. The Morgan fingerprint density at radius 2 is 1.90 bits per heavy atom. The maximum atomic E-state index is 6.22. The summed E-state index contributed by atoms with van der Waals surface area (Å²) in [6, 6.07) is 0. The number of hydrogen-bond donors (Lipinski definition) is 1. The Balaban J connectivity index is 0.00000361. The normalized spacial score (nSPS) is 25.8. The lowest BCUT2D eigenvalue weighted by atomic mass is 9.68. The van der Waals surface area contributed by atoms with Crippen LogP contribution in [0.25, 0.3) is 0 Å². The van der Waals surface area contributed by atoms with E-state index < -0.39 is 0 Å². The maximum absolute atomic E-state index is 6.22. The minimum atomic E-state index is -0.114. The van der Waals surface area contributed by atoms with Gasteiger partial charge >= 0.3 is 0 Å². The Hall–Kier alpha value is 0.170. The maximum Gasteiger partial charge on any atom is 0.0128 e. The third-order valence-electron chi connectivity index (χ3n) is 5.16. The van der Waals surface area contributed by atoms with Crippen LogP contribution in [0.3, 0.4) is 0 Å². The van der Waals surface area contributed by atoms with Crippen LogP contribution in [0.5, 0.6) is 0 Å². The van der Waals surface area contributed by atoms with Crippen LogP contribution in [-0.4, -0.2) is 5.54 Å². The Morgan fingerprint density at radius 3 is 2.35 bits per heavy atom. The van der Waals surface area contributed by atoms with Gasteiger partial charge in [-0.2, -0.15) is 0 Å². The zero-order valence-electron chi connectivity index (χ0n) is 14.4. The van der Waals surface area contributed by atoms with Gasteiger partial charge < -0.3 is 5.73 Å². The highest BCUT2D eigenvalue weighted by atomic mass is 127. The topological polar surface area (TPSA) is 26.0 Å². The van der Waals surface area contributed by atoms with Crippen LogP contribution in [0.1, 0.15) is 61.3 Å². The first-order valence-corrected chi connectivity index (χ1v) is 7.69. The first-order chi connectivity index (χ1) is 8.55. The first kappa shape index (κ1) is 20.2. The molecular weight excluding hydrogens is 357 g/mol. The molecule has 0 heterocycles. The van der Waals surface area contributed by atoms with Crippen molar-refractivity contribution in [2.75, 3.05) is 0 Å². The third-order valence-corrected chi connectivity index (χ3v) is 5.16. The summed E-state index contributed by atoms with van der Waals surface area (Å²) in [6.45, 7) is 15.8. The molecule has 0 amide bonds. The second kappa shape index (κ2) is 7.44. The van der Waals surface area contributed by atoms with Gasteiger partial charge in [0, 0.05) is 11.5 Å². The molecule has 0 radical (unpaired) electrons. The number of hydrogen-bond acceptors (Lipinski definition) is 1. The summed E-state index contributed by atoms with van der Waals surface area (Å²) in [6.07, 6.45) is 9.73. The van der Waals surface area contributed by atoms with E-state index >= 15 is 0 Å². The zero-order valence-corrected chi connectivity index (χ0v) is 16.7. The molecule has 0 saturated carbocycles.